The van der Waals surface area contributed by atoms with Crippen LogP contribution >= 0.6 is 0 Å². The van der Waals surface area contributed by atoms with E-state index in [0.717, 1.165) is 27.9 Å². The molecule has 0 saturated heterocycles. The number of benzene rings is 3. The Labute approximate surface area is 192 Å². The Morgan fingerprint density at radius 1 is 0.970 bits per heavy atom. The average Bonchev–Trinajstić information content (AvgIpc) is 3.19. The van der Waals surface area contributed by atoms with Crippen molar-refractivity contribution in [2.75, 3.05) is 11.0 Å². The monoisotopic (exact) mass is 487 g/mol. The molecule has 1 unspecified atom stereocenters. The van der Waals surface area contributed by atoms with E-state index < -0.39 is 31.9 Å². The maximum Gasteiger partial charge on any atom is 0.279 e. The third-order valence-corrected chi connectivity index (χ3v) is 7.56. The Bertz CT molecular complexity index is 1450. The predicted octanol–water partition coefficient (Wildman–Crippen LogP) is 4.05. The van der Waals surface area contributed by atoms with Gasteiger partial charge in [-0.2, -0.15) is 17.9 Å². The molecule has 172 valence electrons. The van der Waals surface area contributed by atoms with Gasteiger partial charge in [0.15, 0.2) is 0 Å². The van der Waals surface area contributed by atoms with Crippen molar-refractivity contribution in [1.82, 2.24) is 4.41 Å². The van der Waals surface area contributed by atoms with Crippen molar-refractivity contribution in [2.24, 2.45) is 5.10 Å². The van der Waals surface area contributed by atoms with Crippen LogP contribution in [-0.4, -0.2) is 33.2 Å². The van der Waals surface area contributed by atoms with Crippen LogP contribution in [0, 0.1) is 12.7 Å². The molecule has 0 amide bonds. The molecule has 1 aliphatic rings. The summed E-state index contributed by atoms with van der Waals surface area (Å²) < 4.78 is 68.0. The SMILES string of the molecule is Cc1ccccc1C1CC(c2ccccc2NS(C)(=O)=O)=NN1S(=O)(=O)c1cccc(F)c1. The van der Waals surface area contributed by atoms with Gasteiger partial charge >= 0.3 is 0 Å². The van der Waals surface area contributed by atoms with Crippen molar-refractivity contribution in [1.29, 1.82) is 0 Å². The molecule has 0 aliphatic carbocycles. The lowest BCUT2D eigenvalue weighted by molar-refractivity contribution is 0.370. The summed E-state index contributed by atoms with van der Waals surface area (Å²) in [6, 6.07) is 18.1. The van der Waals surface area contributed by atoms with Crippen LogP contribution in [0.15, 0.2) is 82.8 Å². The highest BCUT2D eigenvalue weighted by Gasteiger charge is 2.39. The van der Waals surface area contributed by atoms with Gasteiger partial charge in [0.2, 0.25) is 10.0 Å². The number of nitrogens with one attached hydrogen (secondary N) is 1. The number of hydrogen-bond donors (Lipinski definition) is 1. The van der Waals surface area contributed by atoms with E-state index in [2.05, 4.69) is 9.82 Å². The van der Waals surface area contributed by atoms with Gasteiger partial charge < -0.3 is 0 Å². The van der Waals surface area contributed by atoms with Crippen LogP contribution in [-0.2, 0) is 20.0 Å². The van der Waals surface area contributed by atoms with E-state index >= 15 is 0 Å². The number of anilines is 1. The molecule has 1 aliphatic heterocycles. The summed E-state index contributed by atoms with van der Waals surface area (Å²) in [4.78, 5) is -0.214. The van der Waals surface area contributed by atoms with Crippen molar-refractivity contribution < 1.29 is 21.2 Å². The Balaban J connectivity index is 1.86. The Morgan fingerprint density at radius 3 is 2.36 bits per heavy atom. The Morgan fingerprint density at radius 2 is 1.67 bits per heavy atom. The average molecular weight is 488 g/mol. The number of para-hydroxylation sites is 1. The zero-order chi connectivity index (χ0) is 23.8. The lowest BCUT2D eigenvalue weighted by atomic mass is 9.95. The molecule has 1 N–H and O–H groups in total. The second-order valence-electron chi connectivity index (χ2n) is 7.78. The maximum absolute atomic E-state index is 13.8. The molecule has 0 spiro atoms. The zero-order valence-electron chi connectivity index (χ0n) is 17.9. The number of aryl methyl sites for hydroxylation is 1. The molecule has 3 aromatic carbocycles. The highest BCUT2D eigenvalue weighted by atomic mass is 32.2. The standard InChI is InChI=1S/C23H22FN3O4S2/c1-16-8-3-4-11-19(16)23-15-22(20-12-5-6-13-21(20)26-32(2,28)29)25-27(23)33(30,31)18-10-7-9-17(24)14-18/h3-14,23,26H,15H2,1-2H3. The lowest BCUT2D eigenvalue weighted by Crippen LogP contribution is -2.27. The van der Waals surface area contributed by atoms with Gasteiger partial charge in [0, 0.05) is 12.0 Å². The van der Waals surface area contributed by atoms with E-state index in [9.17, 15) is 21.2 Å². The van der Waals surface area contributed by atoms with Crippen molar-refractivity contribution >= 4 is 31.4 Å². The summed E-state index contributed by atoms with van der Waals surface area (Å²) in [5.41, 5.74) is 2.80. The first-order valence-corrected chi connectivity index (χ1v) is 13.4. The third kappa shape index (κ3) is 4.76. The largest absolute Gasteiger partial charge is 0.283 e. The van der Waals surface area contributed by atoms with Gasteiger partial charge in [0.25, 0.3) is 10.0 Å². The van der Waals surface area contributed by atoms with Gasteiger partial charge in [0.05, 0.1) is 28.6 Å². The third-order valence-electron chi connectivity index (χ3n) is 5.29. The molecule has 0 saturated carbocycles. The van der Waals surface area contributed by atoms with Crippen LogP contribution < -0.4 is 4.72 Å². The summed E-state index contributed by atoms with van der Waals surface area (Å²) >= 11 is 0. The van der Waals surface area contributed by atoms with E-state index in [0.29, 0.717) is 17.0 Å². The van der Waals surface area contributed by atoms with Gasteiger partial charge in [-0.25, -0.2) is 12.8 Å². The molecule has 0 bridgehead atoms. The van der Waals surface area contributed by atoms with Gasteiger partial charge in [-0.15, -0.1) is 0 Å². The molecule has 1 heterocycles. The van der Waals surface area contributed by atoms with E-state index in [-0.39, 0.29) is 11.3 Å². The van der Waals surface area contributed by atoms with Crippen molar-refractivity contribution in [2.45, 2.75) is 24.3 Å². The lowest BCUT2D eigenvalue weighted by Gasteiger charge is -2.24. The molecule has 0 aromatic heterocycles. The molecule has 10 heteroatoms. The summed E-state index contributed by atoms with van der Waals surface area (Å²) in [7, 11) is -7.77. The highest BCUT2D eigenvalue weighted by molar-refractivity contribution is 7.92. The normalized spacial score (nSPS) is 16.5. The highest BCUT2D eigenvalue weighted by Crippen LogP contribution is 2.39. The number of sulfonamides is 2. The zero-order valence-corrected chi connectivity index (χ0v) is 19.6. The molecule has 4 rings (SSSR count). The van der Waals surface area contributed by atoms with Crippen LogP contribution in [0.3, 0.4) is 0 Å². The van der Waals surface area contributed by atoms with Gasteiger partial charge in [0.1, 0.15) is 5.82 Å². The maximum atomic E-state index is 13.8. The van der Waals surface area contributed by atoms with Crippen LogP contribution in [0.2, 0.25) is 0 Å². The summed E-state index contributed by atoms with van der Waals surface area (Å²) in [6.07, 6.45) is 1.25. The topological polar surface area (TPSA) is 95.9 Å². The molecule has 33 heavy (non-hydrogen) atoms. The van der Waals surface area contributed by atoms with E-state index in [1.54, 1.807) is 24.3 Å². The van der Waals surface area contributed by atoms with Crippen molar-refractivity contribution in [3.05, 3.63) is 95.3 Å². The fourth-order valence-electron chi connectivity index (χ4n) is 3.82. The van der Waals surface area contributed by atoms with Gasteiger partial charge in [-0.1, -0.05) is 48.5 Å². The summed E-state index contributed by atoms with van der Waals surface area (Å²) in [5, 5.41) is 4.43. The number of rotatable bonds is 6. The molecule has 0 fully saturated rings. The van der Waals surface area contributed by atoms with Crippen LogP contribution in [0.1, 0.15) is 29.2 Å². The summed E-state index contributed by atoms with van der Waals surface area (Å²) in [6.45, 7) is 1.87. The minimum Gasteiger partial charge on any atom is -0.283 e. The molecular weight excluding hydrogens is 465 g/mol. The van der Waals surface area contributed by atoms with Crippen molar-refractivity contribution in [3.63, 3.8) is 0 Å². The second-order valence-corrected chi connectivity index (χ2v) is 11.3. The number of hydrogen-bond acceptors (Lipinski definition) is 5. The van der Waals surface area contributed by atoms with E-state index in [1.165, 1.54) is 18.2 Å². The van der Waals surface area contributed by atoms with E-state index in [1.807, 2.05) is 31.2 Å². The second kappa shape index (κ2) is 8.60. The fourth-order valence-corrected chi connectivity index (χ4v) is 5.86. The van der Waals surface area contributed by atoms with Crippen LogP contribution in [0.5, 0.6) is 0 Å². The first-order chi connectivity index (χ1) is 15.6. The van der Waals surface area contributed by atoms with Gasteiger partial charge in [-0.05, 0) is 42.3 Å². The molecular formula is C23H22FN3O4S2. The van der Waals surface area contributed by atoms with Gasteiger partial charge in [-0.3, -0.25) is 4.72 Å². The minimum atomic E-state index is -4.20. The smallest absolute Gasteiger partial charge is 0.279 e. The Hall–Kier alpha value is -3.24. The fraction of sp³-hybridized carbons (Fsp3) is 0.174. The van der Waals surface area contributed by atoms with Crippen LogP contribution in [0.4, 0.5) is 10.1 Å². The molecule has 3 aromatic rings. The molecule has 1 atom stereocenters. The minimum absolute atomic E-state index is 0.210. The number of hydrazone groups is 1. The first-order valence-electron chi connectivity index (χ1n) is 10.1. The quantitative estimate of drug-likeness (QED) is 0.568. The predicted molar refractivity (Wildman–Crippen MR) is 125 cm³/mol. The number of nitrogens with zero attached hydrogens (tertiary/aromatic N) is 2. The van der Waals surface area contributed by atoms with Crippen LogP contribution in [0.25, 0.3) is 0 Å². The van der Waals surface area contributed by atoms with Crippen molar-refractivity contribution in [3.8, 4) is 0 Å². The molecule has 7 nitrogen and oxygen atoms in total. The number of halogens is 1. The first kappa shape index (κ1) is 22.9. The molecule has 0 radical (unpaired) electrons. The summed E-state index contributed by atoms with van der Waals surface area (Å²) in [5.74, 6) is -0.672. The Kier molecular flexibility index (Phi) is 5.98. The van der Waals surface area contributed by atoms with E-state index in [4.69, 9.17) is 0 Å².